The average Bonchev–Trinajstić information content (AvgIpc) is 2.62. The van der Waals surface area contributed by atoms with Gasteiger partial charge in [0, 0.05) is 18.3 Å². The number of amides is 2. The van der Waals surface area contributed by atoms with Gasteiger partial charge in [0.2, 0.25) is 5.91 Å². The molecule has 136 valence electrons. The molecule has 0 fully saturated rings. The van der Waals surface area contributed by atoms with E-state index < -0.39 is 0 Å². The molecule has 0 spiro atoms. The molecule has 6 nitrogen and oxygen atoms in total. The Labute approximate surface area is 152 Å². The molecule has 0 unspecified atom stereocenters. The van der Waals surface area contributed by atoms with Crippen LogP contribution in [0.2, 0.25) is 0 Å². The van der Waals surface area contributed by atoms with Crippen LogP contribution in [0.1, 0.15) is 12.5 Å². The summed E-state index contributed by atoms with van der Waals surface area (Å²) in [4.78, 5) is 23.1. The van der Waals surface area contributed by atoms with Crippen molar-refractivity contribution in [1.82, 2.24) is 0 Å². The van der Waals surface area contributed by atoms with Gasteiger partial charge >= 0.3 is 0 Å². The lowest BCUT2D eigenvalue weighted by Crippen LogP contribution is -2.20. The molecule has 2 N–H and O–H groups in total. The topological polar surface area (TPSA) is 76.7 Å². The monoisotopic (exact) mass is 354 g/mol. The van der Waals surface area contributed by atoms with Crippen molar-refractivity contribution in [3.05, 3.63) is 60.7 Å². The molecule has 0 heterocycles. The molecule has 0 saturated carbocycles. The van der Waals surface area contributed by atoms with Crippen LogP contribution in [0, 0.1) is 0 Å². The highest BCUT2D eigenvalue weighted by Crippen LogP contribution is 2.28. The van der Waals surface area contributed by atoms with Crippen LogP contribution in [0.3, 0.4) is 0 Å². The smallest absolute Gasteiger partial charge is 0.262 e. The zero-order chi connectivity index (χ0) is 18.9. The molecule has 0 aliphatic heterocycles. The van der Waals surface area contributed by atoms with E-state index in [4.69, 9.17) is 9.47 Å². The summed E-state index contributed by atoms with van der Waals surface area (Å²) in [6, 6.07) is 12.3. The first kappa shape index (κ1) is 19.1. The molecule has 0 aromatic heterocycles. The number of carbonyl (C=O) groups excluding carboxylic acids is 2. The van der Waals surface area contributed by atoms with Crippen molar-refractivity contribution in [3.8, 4) is 11.5 Å². The minimum Gasteiger partial charge on any atom is -0.493 e. The standard InChI is InChI=1S/C20H22N2O4/c1-4-5-15-6-11-18(19(12-15)25-3)26-13-20(24)22-17-9-7-16(8-10-17)21-14(2)23/h4,6-12H,1,5,13H2,2-3H3,(H,21,23)(H,22,24). The quantitative estimate of drug-likeness (QED) is 0.713. The SMILES string of the molecule is C=CCc1ccc(OCC(=O)Nc2ccc(NC(C)=O)cc2)c(OC)c1. The Hall–Kier alpha value is -3.28. The lowest BCUT2D eigenvalue weighted by molar-refractivity contribution is -0.118. The van der Waals surface area contributed by atoms with Gasteiger partial charge in [0.05, 0.1) is 7.11 Å². The molecular formula is C20H22N2O4. The lowest BCUT2D eigenvalue weighted by Gasteiger charge is -2.12. The van der Waals surface area contributed by atoms with E-state index in [1.54, 1.807) is 43.5 Å². The van der Waals surface area contributed by atoms with Crippen molar-refractivity contribution in [2.45, 2.75) is 13.3 Å². The van der Waals surface area contributed by atoms with Gasteiger partial charge in [0.25, 0.3) is 5.91 Å². The molecular weight excluding hydrogens is 332 g/mol. The number of ether oxygens (including phenoxy) is 2. The van der Waals surface area contributed by atoms with Crippen molar-refractivity contribution < 1.29 is 19.1 Å². The van der Waals surface area contributed by atoms with E-state index in [1.807, 2.05) is 12.1 Å². The van der Waals surface area contributed by atoms with Crippen molar-refractivity contribution in [3.63, 3.8) is 0 Å². The van der Waals surface area contributed by atoms with Crippen molar-refractivity contribution in [1.29, 1.82) is 0 Å². The largest absolute Gasteiger partial charge is 0.493 e. The number of allylic oxidation sites excluding steroid dienone is 1. The van der Waals surface area contributed by atoms with Gasteiger partial charge in [0.15, 0.2) is 18.1 Å². The number of hydrogen-bond acceptors (Lipinski definition) is 4. The number of nitrogens with one attached hydrogen (secondary N) is 2. The van der Waals surface area contributed by atoms with Gasteiger partial charge in [0.1, 0.15) is 0 Å². The predicted octanol–water partition coefficient (Wildman–Crippen LogP) is 3.40. The van der Waals surface area contributed by atoms with Gasteiger partial charge < -0.3 is 20.1 Å². The third kappa shape index (κ3) is 5.66. The third-order valence-corrected chi connectivity index (χ3v) is 3.46. The predicted molar refractivity (Wildman–Crippen MR) is 102 cm³/mol. The number of benzene rings is 2. The summed E-state index contributed by atoms with van der Waals surface area (Å²) in [7, 11) is 1.55. The Morgan fingerprint density at radius 2 is 1.69 bits per heavy atom. The first-order chi connectivity index (χ1) is 12.5. The molecule has 2 rings (SSSR count). The second-order valence-electron chi connectivity index (χ2n) is 5.57. The second-order valence-corrected chi connectivity index (χ2v) is 5.57. The van der Waals surface area contributed by atoms with Gasteiger partial charge in [-0.05, 0) is 48.4 Å². The van der Waals surface area contributed by atoms with Crippen LogP contribution >= 0.6 is 0 Å². The highest BCUT2D eigenvalue weighted by atomic mass is 16.5. The summed E-state index contributed by atoms with van der Waals surface area (Å²) in [5, 5.41) is 5.39. The molecule has 0 radical (unpaired) electrons. The Bertz CT molecular complexity index is 785. The number of carbonyl (C=O) groups is 2. The highest BCUT2D eigenvalue weighted by Gasteiger charge is 2.09. The minimum absolute atomic E-state index is 0.148. The summed E-state index contributed by atoms with van der Waals surface area (Å²) in [5.41, 5.74) is 2.32. The molecule has 0 bridgehead atoms. The second kappa shape index (κ2) is 9.27. The zero-order valence-corrected chi connectivity index (χ0v) is 14.9. The Kier molecular flexibility index (Phi) is 6.79. The van der Waals surface area contributed by atoms with E-state index >= 15 is 0 Å². The van der Waals surface area contributed by atoms with E-state index in [1.165, 1.54) is 6.92 Å². The van der Waals surface area contributed by atoms with Crippen LogP contribution in [0.5, 0.6) is 11.5 Å². The normalized spacial score (nSPS) is 9.92. The minimum atomic E-state index is -0.297. The van der Waals surface area contributed by atoms with E-state index in [9.17, 15) is 9.59 Å². The fourth-order valence-electron chi connectivity index (χ4n) is 2.31. The Morgan fingerprint density at radius 3 is 2.27 bits per heavy atom. The van der Waals surface area contributed by atoms with Gasteiger partial charge in [-0.1, -0.05) is 12.1 Å². The molecule has 0 aliphatic rings. The van der Waals surface area contributed by atoms with Crippen LogP contribution in [0.4, 0.5) is 11.4 Å². The van der Waals surface area contributed by atoms with E-state index in [2.05, 4.69) is 17.2 Å². The maximum atomic E-state index is 12.1. The lowest BCUT2D eigenvalue weighted by atomic mass is 10.1. The fraction of sp³-hybridized carbons (Fsp3) is 0.200. The molecule has 0 saturated heterocycles. The van der Waals surface area contributed by atoms with Crippen LogP contribution in [0.25, 0.3) is 0 Å². The van der Waals surface area contributed by atoms with Crippen molar-refractivity contribution in [2.75, 3.05) is 24.4 Å². The highest BCUT2D eigenvalue weighted by molar-refractivity contribution is 5.93. The van der Waals surface area contributed by atoms with Gasteiger partial charge in [-0.3, -0.25) is 9.59 Å². The Morgan fingerprint density at radius 1 is 1.04 bits per heavy atom. The summed E-state index contributed by atoms with van der Waals surface area (Å²) >= 11 is 0. The molecule has 26 heavy (non-hydrogen) atoms. The summed E-state index contributed by atoms with van der Waals surface area (Å²) in [6.45, 7) is 4.99. The molecule has 0 atom stereocenters. The first-order valence-electron chi connectivity index (χ1n) is 8.10. The summed E-state index contributed by atoms with van der Waals surface area (Å²) in [5.74, 6) is 0.617. The average molecular weight is 354 g/mol. The number of rotatable bonds is 8. The van der Waals surface area contributed by atoms with Crippen molar-refractivity contribution in [2.24, 2.45) is 0 Å². The third-order valence-electron chi connectivity index (χ3n) is 3.46. The maximum Gasteiger partial charge on any atom is 0.262 e. The molecule has 2 aromatic rings. The molecule has 0 aliphatic carbocycles. The maximum absolute atomic E-state index is 12.1. The summed E-state index contributed by atoms with van der Waals surface area (Å²) in [6.07, 6.45) is 2.53. The molecule has 6 heteroatoms. The molecule has 2 aromatic carbocycles. The van der Waals surface area contributed by atoms with Gasteiger partial charge in [-0.2, -0.15) is 0 Å². The van der Waals surface area contributed by atoms with Crippen molar-refractivity contribution >= 4 is 23.2 Å². The first-order valence-corrected chi connectivity index (χ1v) is 8.10. The zero-order valence-electron chi connectivity index (χ0n) is 14.9. The van der Waals surface area contributed by atoms with Gasteiger partial charge in [-0.15, -0.1) is 6.58 Å². The number of hydrogen-bond donors (Lipinski definition) is 2. The van der Waals surface area contributed by atoms with Crippen LogP contribution in [0.15, 0.2) is 55.1 Å². The molecule has 2 amide bonds. The Balaban J connectivity index is 1.92. The van der Waals surface area contributed by atoms with Gasteiger partial charge in [-0.25, -0.2) is 0 Å². The van der Waals surface area contributed by atoms with Crippen LogP contribution in [-0.2, 0) is 16.0 Å². The summed E-state index contributed by atoms with van der Waals surface area (Å²) < 4.78 is 10.9. The number of anilines is 2. The van der Waals surface area contributed by atoms with E-state index in [-0.39, 0.29) is 18.4 Å². The van der Waals surface area contributed by atoms with E-state index in [0.29, 0.717) is 22.9 Å². The van der Waals surface area contributed by atoms with Crippen LogP contribution < -0.4 is 20.1 Å². The fourth-order valence-corrected chi connectivity index (χ4v) is 2.31. The van der Waals surface area contributed by atoms with E-state index in [0.717, 1.165) is 12.0 Å². The number of methoxy groups -OCH3 is 1. The van der Waals surface area contributed by atoms with Crippen LogP contribution in [-0.4, -0.2) is 25.5 Å².